The lowest BCUT2D eigenvalue weighted by Crippen LogP contribution is -2.02. The lowest BCUT2D eigenvalue weighted by molar-refractivity contribution is 0.222. The van der Waals surface area contributed by atoms with Gasteiger partial charge in [-0.15, -0.1) is 0 Å². The van der Waals surface area contributed by atoms with Crippen LogP contribution in [0, 0.1) is 0 Å². The van der Waals surface area contributed by atoms with Gasteiger partial charge in [0, 0.05) is 18.6 Å². The zero-order valence-corrected chi connectivity index (χ0v) is 19.4. The Balaban J connectivity index is 0.000000290. The van der Waals surface area contributed by atoms with Gasteiger partial charge in [0.2, 0.25) is 7.37 Å². The molecule has 0 amide bonds. The van der Waals surface area contributed by atoms with Gasteiger partial charge in [-0.25, -0.2) is 4.79 Å². The summed E-state index contributed by atoms with van der Waals surface area (Å²) in [6.45, 7) is 9.39. The largest absolute Gasteiger partial charge is 0.519 e. The first kappa shape index (κ1) is 25.6. The minimum Gasteiger partial charge on any atom is -0.395 e. The maximum Gasteiger partial charge on any atom is 0.519 e. The quantitative estimate of drug-likeness (QED) is 0.432. The summed E-state index contributed by atoms with van der Waals surface area (Å²) in [5.74, 6) is 0.343. The van der Waals surface area contributed by atoms with Crippen molar-refractivity contribution in [3.05, 3.63) is 46.7 Å². The normalized spacial score (nSPS) is 13.4. The fourth-order valence-electron chi connectivity index (χ4n) is 2.49. The Morgan fingerprint density at radius 2 is 1.41 bits per heavy atom. The van der Waals surface area contributed by atoms with Crippen LogP contribution in [-0.2, 0) is 29.1 Å². The molecule has 1 aromatic carbocycles. The van der Waals surface area contributed by atoms with Crippen LogP contribution in [0.25, 0.3) is 11.3 Å². The summed E-state index contributed by atoms with van der Waals surface area (Å²) >= 11 is 0. The predicted molar refractivity (Wildman–Crippen MR) is 113 cm³/mol. The Morgan fingerprint density at radius 3 is 1.90 bits per heavy atom. The lowest BCUT2D eigenvalue weighted by atomic mass is 10.1. The lowest BCUT2D eigenvalue weighted by Gasteiger charge is -2.20. The van der Waals surface area contributed by atoms with Crippen LogP contribution >= 0.6 is 15.0 Å². The highest BCUT2D eigenvalue weighted by molar-refractivity contribution is 7.73. The van der Waals surface area contributed by atoms with Crippen molar-refractivity contribution in [3.63, 3.8) is 0 Å². The van der Waals surface area contributed by atoms with Crippen molar-refractivity contribution >= 4 is 15.0 Å². The molecule has 0 aliphatic carbocycles. The highest BCUT2D eigenvalue weighted by Gasteiger charge is 2.33. The summed E-state index contributed by atoms with van der Waals surface area (Å²) in [7, 11) is -6.15. The summed E-state index contributed by atoms with van der Waals surface area (Å²) in [6, 6.07) is 9.46. The molecule has 0 aliphatic heterocycles. The molecule has 1 aromatic heterocycles. The third-order valence-corrected chi connectivity index (χ3v) is 9.03. The van der Waals surface area contributed by atoms with E-state index in [-0.39, 0.29) is 19.1 Å². The van der Waals surface area contributed by atoms with Gasteiger partial charge in [0.05, 0.1) is 19.8 Å². The molecule has 2 rings (SSSR count). The van der Waals surface area contributed by atoms with Gasteiger partial charge in [0.25, 0.3) is 0 Å². The second kappa shape index (κ2) is 12.3. The first-order chi connectivity index (χ1) is 13.7. The van der Waals surface area contributed by atoms with E-state index in [1.165, 1.54) is 6.66 Å². The molecule has 2 aromatic rings. The smallest absolute Gasteiger partial charge is 0.395 e. The fourth-order valence-corrected chi connectivity index (χ4v) is 7.40. The van der Waals surface area contributed by atoms with Gasteiger partial charge in [-0.3, -0.25) is 9.13 Å². The average Bonchev–Trinajstić information content (AvgIpc) is 3.03. The summed E-state index contributed by atoms with van der Waals surface area (Å²) in [6.07, 6.45) is 0.649. The molecule has 0 aliphatic rings. The minimum atomic E-state index is -3.26. The molecule has 10 heteroatoms. The highest BCUT2D eigenvalue weighted by atomic mass is 31.2. The van der Waals surface area contributed by atoms with E-state index in [0.29, 0.717) is 24.5 Å². The van der Waals surface area contributed by atoms with Crippen LogP contribution in [0.1, 0.15) is 33.5 Å². The molecular formula is C19H30O8P2. The van der Waals surface area contributed by atoms with Gasteiger partial charge in [-0.05, 0) is 20.8 Å². The number of benzene rings is 1. The van der Waals surface area contributed by atoms with E-state index in [1.807, 2.05) is 37.3 Å². The van der Waals surface area contributed by atoms with Crippen molar-refractivity contribution < 1.29 is 31.5 Å². The van der Waals surface area contributed by atoms with E-state index in [0.717, 1.165) is 5.56 Å². The first-order valence-corrected chi connectivity index (χ1v) is 13.5. The fraction of sp³-hybridized carbons (Fsp3) is 0.526. The molecule has 0 radical (unpaired) electrons. The SMILES string of the molecule is CCOP(C)(=O)CP(=O)(OCC)OCC.CCc1oc(=O)oc1-c1ccccc1. The molecule has 0 spiro atoms. The van der Waals surface area contributed by atoms with Gasteiger partial charge in [0.1, 0.15) is 5.90 Å². The van der Waals surface area contributed by atoms with Crippen LogP contribution in [-0.4, -0.2) is 32.4 Å². The highest BCUT2D eigenvalue weighted by Crippen LogP contribution is 2.61. The Hall–Kier alpha value is -1.43. The standard InChI is InChI=1S/C11H10O3.C8H20O5P2/c1-2-9-10(14-11(12)13-9)8-6-4-3-5-7-8;1-5-11-14(4,9)8-15(10,12-6-2)13-7-3/h3-7H,2H2,1H3;5-8H2,1-4H3. The average molecular weight is 448 g/mol. The van der Waals surface area contributed by atoms with Crippen LogP contribution < -0.4 is 5.82 Å². The number of hydrogen-bond acceptors (Lipinski definition) is 8. The van der Waals surface area contributed by atoms with E-state index in [9.17, 15) is 13.9 Å². The molecule has 0 saturated carbocycles. The molecule has 0 fully saturated rings. The Bertz CT molecular complexity index is 862. The maximum absolute atomic E-state index is 12.0. The van der Waals surface area contributed by atoms with Crippen molar-refractivity contribution in [2.75, 3.05) is 32.4 Å². The molecule has 8 nitrogen and oxygen atoms in total. The zero-order valence-electron chi connectivity index (χ0n) is 17.6. The third kappa shape index (κ3) is 8.85. The molecule has 29 heavy (non-hydrogen) atoms. The monoisotopic (exact) mass is 448 g/mol. The molecule has 0 bridgehead atoms. The number of hydrogen-bond donors (Lipinski definition) is 0. The van der Waals surface area contributed by atoms with Crippen LogP contribution in [0.3, 0.4) is 0 Å². The van der Waals surface area contributed by atoms with Crippen molar-refractivity contribution in [3.8, 4) is 11.3 Å². The molecule has 1 atom stereocenters. The first-order valence-electron chi connectivity index (χ1n) is 9.47. The predicted octanol–water partition coefficient (Wildman–Crippen LogP) is 5.62. The van der Waals surface area contributed by atoms with E-state index in [4.69, 9.17) is 22.4 Å². The van der Waals surface area contributed by atoms with Gasteiger partial charge in [-0.1, -0.05) is 37.3 Å². The van der Waals surface area contributed by atoms with Crippen LogP contribution in [0.2, 0.25) is 0 Å². The van der Waals surface area contributed by atoms with Gasteiger partial charge < -0.3 is 22.4 Å². The second-order valence-corrected chi connectivity index (χ2v) is 11.1. The minimum absolute atomic E-state index is 0.157. The van der Waals surface area contributed by atoms with Crippen molar-refractivity contribution in [1.29, 1.82) is 0 Å². The van der Waals surface area contributed by atoms with Crippen LogP contribution in [0.4, 0.5) is 0 Å². The van der Waals surface area contributed by atoms with Crippen molar-refractivity contribution in [2.45, 2.75) is 34.1 Å². The molecule has 1 heterocycles. The second-order valence-electron chi connectivity index (χ2n) is 5.95. The molecule has 0 N–H and O–H groups in total. The Morgan fingerprint density at radius 1 is 0.862 bits per heavy atom. The summed E-state index contributed by atoms with van der Waals surface area (Å²) in [5.41, 5.74) is 0.871. The Labute approximate surface area is 171 Å². The van der Waals surface area contributed by atoms with Gasteiger partial charge >= 0.3 is 13.4 Å². The summed E-state index contributed by atoms with van der Waals surface area (Å²) < 4.78 is 48.8. The number of aryl methyl sites for hydroxylation is 1. The third-order valence-electron chi connectivity index (χ3n) is 3.49. The summed E-state index contributed by atoms with van der Waals surface area (Å²) in [5, 5.41) is 0. The molecular weight excluding hydrogens is 418 g/mol. The van der Waals surface area contributed by atoms with E-state index in [1.54, 1.807) is 20.8 Å². The topological polar surface area (TPSA) is 105 Å². The van der Waals surface area contributed by atoms with E-state index >= 15 is 0 Å². The Kier molecular flexibility index (Phi) is 10.9. The van der Waals surface area contributed by atoms with E-state index < -0.39 is 20.8 Å². The maximum atomic E-state index is 12.0. The van der Waals surface area contributed by atoms with Crippen molar-refractivity contribution in [2.24, 2.45) is 0 Å². The molecule has 0 saturated heterocycles. The van der Waals surface area contributed by atoms with Crippen LogP contribution in [0.15, 0.2) is 44.0 Å². The number of rotatable bonds is 10. The van der Waals surface area contributed by atoms with Gasteiger partial charge in [0.15, 0.2) is 11.5 Å². The molecule has 164 valence electrons. The molecule has 1 unspecified atom stereocenters. The van der Waals surface area contributed by atoms with Crippen LogP contribution in [0.5, 0.6) is 0 Å². The van der Waals surface area contributed by atoms with Gasteiger partial charge in [-0.2, -0.15) is 0 Å². The zero-order chi connectivity index (χ0) is 21.9. The van der Waals surface area contributed by atoms with Crippen molar-refractivity contribution in [1.82, 2.24) is 0 Å². The van der Waals surface area contributed by atoms with E-state index in [2.05, 4.69) is 0 Å². The summed E-state index contributed by atoms with van der Waals surface area (Å²) in [4.78, 5) is 10.9.